The van der Waals surface area contributed by atoms with Crippen LogP contribution in [0.3, 0.4) is 0 Å². The summed E-state index contributed by atoms with van der Waals surface area (Å²) >= 11 is 0. The highest BCUT2D eigenvalue weighted by Crippen LogP contribution is 2.22. The highest BCUT2D eigenvalue weighted by Gasteiger charge is 2.08. The SMILES string of the molecule is C=CN(C)/C(=C/CC)C/C(=C/CC)C(C)C. The van der Waals surface area contributed by atoms with Gasteiger partial charge in [-0.05, 0) is 25.0 Å². The molecule has 0 heterocycles. The molecule has 0 aliphatic rings. The van der Waals surface area contributed by atoms with Gasteiger partial charge in [-0.2, -0.15) is 0 Å². The van der Waals surface area contributed by atoms with E-state index in [4.69, 9.17) is 0 Å². The Morgan fingerprint density at radius 2 is 1.75 bits per heavy atom. The van der Waals surface area contributed by atoms with Gasteiger partial charge in [0.1, 0.15) is 0 Å². The minimum absolute atomic E-state index is 0.624. The van der Waals surface area contributed by atoms with E-state index in [-0.39, 0.29) is 0 Å². The van der Waals surface area contributed by atoms with Gasteiger partial charge in [0, 0.05) is 19.2 Å². The van der Waals surface area contributed by atoms with Crippen LogP contribution in [-0.4, -0.2) is 11.9 Å². The number of nitrogens with zero attached hydrogens (tertiary/aromatic N) is 1. The van der Waals surface area contributed by atoms with Crippen molar-refractivity contribution in [3.05, 3.63) is 36.2 Å². The van der Waals surface area contributed by atoms with E-state index in [1.165, 1.54) is 11.3 Å². The maximum Gasteiger partial charge on any atom is 0.0171 e. The van der Waals surface area contributed by atoms with Gasteiger partial charge in [0.05, 0.1) is 0 Å². The van der Waals surface area contributed by atoms with Gasteiger partial charge in [-0.25, -0.2) is 0 Å². The average molecular weight is 221 g/mol. The van der Waals surface area contributed by atoms with E-state index < -0.39 is 0 Å². The van der Waals surface area contributed by atoms with E-state index in [9.17, 15) is 0 Å². The largest absolute Gasteiger partial charge is 0.355 e. The van der Waals surface area contributed by atoms with Crippen molar-refractivity contribution in [2.24, 2.45) is 5.92 Å². The first-order valence-electron chi connectivity index (χ1n) is 6.30. The maximum absolute atomic E-state index is 3.83. The van der Waals surface area contributed by atoms with E-state index in [1.54, 1.807) is 0 Å². The molecule has 1 nitrogen and oxygen atoms in total. The molecular weight excluding hydrogens is 194 g/mol. The van der Waals surface area contributed by atoms with Crippen molar-refractivity contribution in [3.8, 4) is 0 Å². The molecule has 0 amide bonds. The van der Waals surface area contributed by atoms with Crippen molar-refractivity contribution in [3.63, 3.8) is 0 Å². The molecule has 0 radical (unpaired) electrons. The molecule has 0 saturated carbocycles. The Balaban J connectivity index is 4.79. The van der Waals surface area contributed by atoms with Crippen LogP contribution in [0.1, 0.15) is 47.0 Å². The fourth-order valence-electron chi connectivity index (χ4n) is 1.68. The highest BCUT2D eigenvalue weighted by atomic mass is 15.1. The third-order valence-corrected chi connectivity index (χ3v) is 2.76. The summed E-state index contributed by atoms with van der Waals surface area (Å²) < 4.78 is 0. The highest BCUT2D eigenvalue weighted by molar-refractivity contribution is 5.17. The minimum Gasteiger partial charge on any atom is -0.355 e. The van der Waals surface area contributed by atoms with Crippen LogP contribution in [0.5, 0.6) is 0 Å². The molecule has 92 valence electrons. The van der Waals surface area contributed by atoms with Gasteiger partial charge in [-0.3, -0.25) is 0 Å². The molecule has 0 fully saturated rings. The fourth-order valence-corrected chi connectivity index (χ4v) is 1.68. The van der Waals surface area contributed by atoms with E-state index in [1.807, 2.05) is 6.20 Å². The predicted octanol–water partition coefficient (Wildman–Crippen LogP) is 4.74. The molecule has 0 N–H and O–H groups in total. The summed E-state index contributed by atoms with van der Waals surface area (Å²) in [5.74, 6) is 0.624. The monoisotopic (exact) mass is 221 g/mol. The van der Waals surface area contributed by atoms with Crippen molar-refractivity contribution in [2.45, 2.75) is 47.0 Å². The molecule has 0 bridgehead atoms. The molecule has 0 unspecified atom stereocenters. The molecule has 0 aromatic heterocycles. The van der Waals surface area contributed by atoms with Gasteiger partial charge in [0.2, 0.25) is 0 Å². The lowest BCUT2D eigenvalue weighted by atomic mass is 9.96. The molecule has 0 aliphatic heterocycles. The lowest BCUT2D eigenvalue weighted by molar-refractivity contribution is 0.537. The van der Waals surface area contributed by atoms with Gasteiger partial charge < -0.3 is 4.90 Å². The molecular formula is C15H27N. The number of hydrogen-bond acceptors (Lipinski definition) is 1. The molecule has 1 heteroatoms. The van der Waals surface area contributed by atoms with Crippen LogP contribution in [0.4, 0.5) is 0 Å². The third-order valence-electron chi connectivity index (χ3n) is 2.76. The second-order valence-corrected chi connectivity index (χ2v) is 4.42. The van der Waals surface area contributed by atoms with Gasteiger partial charge in [-0.1, -0.05) is 52.0 Å². The summed E-state index contributed by atoms with van der Waals surface area (Å²) in [5.41, 5.74) is 2.88. The number of hydrogen-bond donors (Lipinski definition) is 0. The Bertz CT molecular complexity index is 259. The standard InChI is InChI=1S/C15H27N/c1-7-10-14(13(4)5)12-15(11-8-2)16(6)9-3/h9-11,13H,3,7-8,12H2,1-2,4-6H3/b14-10-,15-11+. The summed E-state index contributed by atoms with van der Waals surface area (Å²) in [4.78, 5) is 2.12. The summed E-state index contributed by atoms with van der Waals surface area (Å²) in [6.07, 6.45) is 9.75. The van der Waals surface area contributed by atoms with Crippen molar-refractivity contribution in [1.29, 1.82) is 0 Å². The lowest BCUT2D eigenvalue weighted by Crippen LogP contribution is -2.12. The van der Waals surface area contributed by atoms with Gasteiger partial charge >= 0.3 is 0 Å². The summed E-state index contributed by atoms with van der Waals surface area (Å²) in [6, 6.07) is 0. The fraction of sp³-hybridized carbons (Fsp3) is 0.600. The van der Waals surface area contributed by atoms with Gasteiger partial charge in [0.25, 0.3) is 0 Å². The van der Waals surface area contributed by atoms with Crippen molar-refractivity contribution >= 4 is 0 Å². The van der Waals surface area contributed by atoms with Crippen LogP contribution in [0.2, 0.25) is 0 Å². The van der Waals surface area contributed by atoms with Crippen LogP contribution in [0.25, 0.3) is 0 Å². The summed E-state index contributed by atoms with van der Waals surface area (Å²) in [5, 5.41) is 0. The van der Waals surface area contributed by atoms with Gasteiger partial charge in [0.15, 0.2) is 0 Å². The van der Waals surface area contributed by atoms with E-state index >= 15 is 0 Å². The smallest absolute Gasteiger partial charge is 0.0171 e. The second-order valence-electron chi connectivity index (χ2n) is 4.42. The van der Waals surface area contributed by atoms with Crippen LogP contribution in [0.15, 0.2) is 36.2 Å². The summed E-state index contributed by atoms with van der Waals surface area (Å²) in [6.45, 7) is 12.7. The zero-order valence-electron chi connectivity index (χ0n) is 11.6. The molecule has 0 saturated heterocycles. The van der Waals surface area contributed by atoms with Crippen LogP contribution in [-0.2, 0) is 0 Å². The molecule has 0 spiro atoms. The molecule has 0 aliphatic carbocycles. The second kappa shape index (κ2) is 8.20. The molecule has 0 rings (SSSR count). The molecule has 0 atom stereocenters. The van der Waals surface area contributed by atoms with E-state index in [0.717, 1.165) is 19.3 Å². The Hall–Kier alpha value is -0.980. The Morgan fingerprint density at radius 1 is 1.19 bits per heavy atom. The zero-order chi connectivity index (χ0) is 12.6. The molecule has 0 aromatic carbocycles. The minimum atomic E-state index is 0.624. The predicted molar refractivity (Wildman–Crippen MR) is 74.2 cm³/mol. The Morgan fingerprint density at radius 3 is 2.12 bits per heavy atom. The van der Waals surface area contributed by atoms with Gasteiger partial charge in [-0.15, -0.1) is 0 Å². The molecule has 0 aromatic rings. The normalized spacial score (nSPS) is 13.1. The zero-order valence-corrected chi connectivity index (χ0v) is 11.6. The topological polar surface area (TPSA) is 3.24 Å². The van der Waals surface area contributed by atoms with Crippen molar-refractivity contribution in [2.75, 3.05) is 7.05 Å². The van der Waals surface area contributed by atoms with Crippen LogP contribution >= 0.6 is 0 Å². The van der Waals surface area contributed by atoms with Crippen molar-refractivity contribution < 1.29 is 0 Å². The first-order valence-corrected chi connectivity index (χ1v) is 6.30. The first-order chi connectivity index (χ1) is 7.56. The maximum atomic E-state index is 3.83. The van der Waals surface area contributed by atoms with Crippen LogP contribution in [0, 0.1) is 5.92 Å². The molecule has 16 heavy (non-hydrogen) atoms. The van der Waals surface area contributed by atoms with E-state index in [0.29, 0.717) is 5.92 Å². The average Bonchev–Trinajstić information content (AvgIpc) is 2.26. The lowest BCUT2D eigenvalue weighted by Gasteiger charge is -2.21. The Kier molecular flexibility index (Phi) is 7.70. The van der Waals surface area contributed by atoms with Crippen molar-refractivity contribution in [1.82, 2.24) is 4.90 Å². The number of rotatable bonds is 7. The van der Waals surface area contributed by atoms with E-state index in [2.05, 4.69) is 58.4 Å². The quantitative estimate of drug-likeness (QED) is 0.561. The first kappa shape index (κ1) is 15.0. The summed E-state index contributed by atoms with van der Waals surface area (Å²) in [7, 11) is 2.07. The Labute approximate surface area is 102 Å². The number of allylic oxidation sites excluding steroid dienone is 3. The third kappa shape index (κ3) is 5.20. The van der Waals surface area contributed by atoms with Crippen LogP contribution < -0.4 is 0 Å².